The predicted molar refractivity (Wildman–Crippen MR) is 78.0 cm³/mol. The van der Waals surface area contributed by atoms with E-state index in [1.807, 2.05) is 12.3 Å². The molecule has 0 aliphatic carbocycles. The van der Waals surface area contributed by atoms with Gasteiger partial charge in [-0.15, -0.1) is 0 Å². The lowest BCUT2D eigenvalue weighted by atomic mass is 10.3. The summed E-state index contributed by atoms with van der Waals surface area (Å²) >= 11 is 0. The van der Waals surface area contributed by atoms with Crippen molar-refractivity contribution >= 4 is 5.95 Å². The van der Waals surface area contributed by atoms with Crippen molar-refractivity contribution in [2.45, 2.75) is 6.92 Å². The van der Waals surface area contributed by atoms with Crippen LogP contribution in [0.15, 0.2) is 36.5 Å². The van der Waals surface area contributed by atoms with Gasteiger partial charge in [0.2, 0.25) is 5.95 Å². The van der Waals surface area contributed by atoms with Crippen LogP contribution in [-0.2, 0) is 0 Å². The minimum Gasteiger partial charge on any atom is -0.339 e. The molecular weight excluding hydrogens is 236 g/mol. The van der Waals surface area contributed by atoms with Crippen molar-refractivity contribution < 1.29 is 0 Å². The monoisotopic (exact) mass is 256 g/mol. The van der Waals surface area contributed by atoms with Crippen LogP contribution in [-0.4, -0.2) is 47.7 Å². The molecule has 0 saturated carbocycles. The number of nitrogens with zero attached hydrogens (tertiary/aromatic N) is 4. The van der Waals surface area contributed by atoms with E-state index in [1.54, 1.807) is 0 Å². The molecule has 1 fully saturated rings. The van der Waals surface area contributed by atoms with Crippen molar-refractivity contribution in [1.82, 2.24) is 14.5 Å². The molecule has 4 heteroatoms. The second-order valence-corrected chi connectivity index (χ2v) is 5.16. The third-order valence-corrected chi connectivity index (χ3v) is 3.72. The van der Waals surface area contributed by atoms with E-state index >= 15 is 0 Å². The third-order valence-electron chi connectivity index (χ3n) is 3.72. The van der Waals surface area contributed by atoms with Crippen molar-refractivity contribution in [2.24, 2.45) is 0 Å². The smallest absolute Gasteiger partial charge is 0.210 e. The van der Waals surface area contributed by atoms with E-state index in [-0.39, 0.29) is 0 Å². The van der Waals surface area contributed by atoms with Crippen LogP contribution in [0.25, 0.3) is 5.69 Å². The highest BCUT2D eigenvalue weighted by atomic mass is 15.3. The molecule has 4 nitrogen and oxygen atoms in total. The summed E-state index contributed by atoms with van der Waals surface area (Å²) in [5.41, 5.74) is 2.37. The molecule has 0 spiro atoms. The molecule has 100 valence electrons. The predicted octanol–water partition coefficient (Wildman–Crippen LogP) is 1.93. The maximum Gasteiger partial charge on any atom is 0.210 e. The average molecular weight is 256 g/mol. The standard InChI is InChI=1S/C15H20N4/c1-13-12-16-15(18-10-8-17(2)9-11-18)19(13)14-6-4-3-5-7-14/h3-7,12H,8-11H2,1-2H3. The molecule has 2 heterocycles. The molecule has 0 atom stereocenters. The largest absolute Gasteiger partial charge is 0.339 e. The minimum atomic E-state index is 1.04. The Bertz CT molecular complexity index is 539. The second kappa shape index (κ2) is 5.05. The van der Waals surface area contributed by atoms with Crippen LogP contribution < -0.4 is 4.90 Å². The third kappa shape index (κ3) is 2.36. The molecule has 3 rings (SSSR count). The molecule has 1 saturated heterocycles. The van der Waals surface area contributed by atoms with Crippen LogP contribution in [0, 0.1) is 6.92 Å². The van der Waals surface area contributed by atoms with Gasteiger partial charge in [0.05, 0.1) is 6.20 Å². The molecule has 2 aromatic rings. The maximum atomic E-state index is 4.61. The zero-order valence-corrected chi connectivity index (χ0v) is 11.6. The molecule has 1 aromatic heterocycles. The first kappa shape index (κ1) is 12.2. The molecular formula is C15H20N4. The summed E-state index contributed by atoms with van der Waals surface area (Å²) in [6.45, 7) is 6.39. The molecule has 1 aromatic carbocycles. The number of piperazine rings is 1. The van der Waals surface area contributed by atoms with Gasteiger partial charge in [-0.2, -0.15) is 0 Å². The van der Waals surface area contributed by atoms with Crippen LogP contribution in [0.1, 0.15) is 5.69 Å². The number of para-hydroxylation sites is 1. The summed E-state index contributed by atoms with van der Waals surface area (Å²) < 4.78 is 2.24. The summed E-state index contributed by atoms with van der Waals surface area (Å²) in [6.07, 6.45) is 1.96. The Balaban J connectivity index is 1.95. The first-order valence-corrected chi connectivity index (χ1v) is 6.79. The van der Waals surface area contributed by atoms with Crippen LogP contribution >= 0.6 is 0 Å². The summed E-state index contributed by atoms with van der Waals surface area (Å²) in [6, 6.07) is 10.5. The van der Waals surface area contributed by atoms with Crippen LogP contribution in [0.3, 0.4) is 0 Å². The number of aromatic nitrogens is 2. The van der Waals surface area contributed by atoms with Crippen LogP contribution in [0.4, 0.5) is 5.95 Å². The Hall–Kier alpha value is -1.81. The van der Waals surface area contributed by atoms with E-state index < -0.39 is 0 Å². The lowest BCUT2D eigenvalue weighted by molar-refractivity contribution is 0.310. The fourth-order valence-corrected chi connectivity index (χ4v) is 2.55. The van der Waals surface area contributed by atoms with E-state index in [0.29, 0.717) is 0 Å². The van der Waals surface area contributed by atoms with E-state index in [9.17, 15) is 0 Å². The van der Waals surface area contributed by atoms with Gasteiger partial charge >= 0.3 is 0 Å². The highest BCUT2D eigenvalue weighted by Crippen LogP contribution is 2.22. The molecule has 0 amide bonds. The highest BCUT2D eigenvalue weighted by Gasteiger charge is 2.19. The van der Waals surface area contributed by atoms with E-state index in [1.165, 1.54) is 11.4 Å². The topological polar surface area (TPSA) is 24.3 Å². The summed E-state index contributed by atoms with van der Waals surface area (Å²) in [5.74, 6) is 1.07. The van der Waals surface area contributed by atoms with Gasteiger partial charge in [0.25, 0.3) is 0 Å². The number of anilines is 1. The van der Waals surface area contributed by atoms with E-state index in [0.717, 1.165) is 32.1 Å². The molecule has 0 radical (unpaired) electrons. The molecule has 19 heavy (non-hydrogen) atoms. The Morgan fingerprint density at radius 3 is 2.37 bits per heavy atom. The fraction of sp³-hybridized carbons (Fsp3) is 0.400. The van der Waals surface area contributed by atoms with Gasteiger partial charge in [-0.05, 0) is 26.1 Å². The van der Waals surface area contributed by atoms with E-state index in [2.05, 4.69) is 57.6 Å². The van der Waals surface area contributed by atoms with Gasteiger partial charge in [0.1, 0.15) is 0 Å². The Morgan fingerprint density at radius 2 is 1.68 bits per heavy atom. The Morgan fingerprint density at radius 1 is 1.00 bits per heavy atom. The number of imidazole rings is 1. The number of likely N-dealkylation sites (N-methyl/N-ethyl adjacent to an activating group) is 1. The first-order valence-electron chi connectivity index (χ1n) is 6.79. The van der Waals surface area contributed by atoms with Gasteiger partial charge in [-0.25, -0.2) is 4.98 Å². The lowest BCUT2D eigenvalue weighted by Crippen LogP contribution is -2.45. The van der Waals surface area contributed by atoms with Gasteiger partial charge in [0, 0.05) is 37.6 Å². The molecule has 0 N–H and O–H groups in total. The fourth-order valence-electron chi connectivity index (χ4n) is 2.55. The normalized spacial score (nSPS) is 16.8. The number of hydrogen-bond acceptors (Lipinski definition) is 3. The zero-order chi connectivity index (χ0) is 13.2. The van der Waals surface area contributed by atoms with Crippen molar-refractivity contribution in [2.75, 3.05) is 38.1 Å². The van der Waals surface area contributed by atoms with Crippen molar-refractivity contribution in [1.29, 1.82) is 0 Å². The van der Waals surface area contributed by atoms with Crippen molar-refractivity contribution in [3.8, 4) is 5.69 Å². The van der Waals surface area contributed by atoms with Crippen molar-refractivity contribution in [3.63, 3.8) is 0 Å². The Kier molecular flexibility index (Phi) is 3.25. The molecule has 0 bridgehead atoms. The average Bonchev–Trinajstić information content (AvgIpc) is 2.82. The summed E-state index contributed by atoms with van der Waals surface area (Å²) in [7, 11) is 2.17. The van der Waals surface area contributed by atoms with Crippen LogP contribution in [0.2, 0.25) is 0 Å². The van der Waals surface area contributed by atoms with Gasteiger partial charge in [0.15, 0.2) is 0 Å². The molecule has 0 unspecified atom stereocenters. The molecule has 1 aliphatic rings. The minimum absolute atomic E-state index is 1.04. The number of hydrogen-bond donors (Lipinski definition) is 0. The molecule has 1 aliphatic heterocycles. The second-order valence-electron chi connectivity index (χ2n) is 5.16. The first-order chi connectivity index (χ1) is 9.25. The maximum absolute atomic E-state index is 4.61. The number of benzene rings is 1. The highest BCUT2D eigenvalue weighted by molar-refractivity contribution is 5.46. The van der Waals surface area contributed by atoms with E-state index in [4.69, 9.17) is 0 Å². The van der Waals surface area contributed by atoms with Gasteiger partial charge in [-0.3, -0.25) is 4.57 Å². The summed E-state index contributed by atoms with van der Waals surface area (Å²) in [5, 5.41) is 0. The lowest BCUT2D eigenvalue weighted by Gasteiger charge is -2.33. The quantitative estimate of drug-likeness (QED) is 0.820. The number of rotatable bonds is 2. The van der Waals surface area contributed by atoms with Gasteiger partial charge in [-0.1, -0.05) is 18.2 Å². The number of aryl methyl sites for hydroxylation is 1. The zero-order valence-electron chi connectivity index (χ0n) is 11.6. The van der Waals surface area contributed by atoms with Gasteiger partial charge < -0.3 is 9.80 Å². The van der Waals surface area contributed by atoms with Crippen LogP contribution in [0.5, 0.6) is 0 Å². The Labute approximate surface area is 114 Å². The van der Waals surface area contributed by atoms with Crippen molar-refractivity contribution in [3.05, 3.63) is 42.2 Å². The summed E-state index contributed by atoms with van der Waals surface area (Å²) in [4.78, 5) is 9.35. The SMILES string of the molecule is Cc1cnc(N2CCN(C)CC2)n1-c1ccccc1.